The Balaban J connectivity index is 1.68. The van der Waals surface area contributed by atoms with Gasteiger partial charge < -0.3 is 10.6 Å². The molecule has 6 heteroatoms. The predicted octanol–water partition coefficient (Wildman–Crippen LogP) is 3.28. The highest BCUT2D eigenvalue weighted by Gasteiger charge is 2.50. The Kier molecular flexibility index (Phi) is 5.30. The highest BCUT2D eigenvalue weighted by molar-refractivity contribution is 6.10. The van der Waals surface area contributed by atoms with Gasteiger partial charge in [0.05, 0.1) is 0 Å². The highest BCUT2D eigenvalue weighted by Crippen LogP contribution is 2.32. The first-order chi connectivity index (χ1) is 12.4. The molecule has 1 spiro atoms. The van der Waals surface area contributed by atoms with Gasteiger partial charge in [-0.05, 0) is 49.9 Å². The number of amides is 4. The monoisotopic (exact) mass is 357 g/mol. The Bertz CT molecular complexity index is 701. The number of anilines is 1. The van der Waals surface area contributed by atoms with E-state index >= 15 is 0 Å². The molecule has 0 aromatic heterocycles. The van der Waals surface area contributed by atoms with Gasteiger partial charge in [-0.2, -0.15) is 0 Å². The molecule has 26 heavy (non-hydrogen) atoms. The van der Waals surface area contributed by atoms with Gasteiger partial charge in [-0.3, -0.25) is 14.5 Å². The number of hydrogen-bond acceptors (Lipinski definition) is 3. The topological polar surface area (TPSA) is 78.5 Å². The van der Waals surface area contributed by atoms with Crippen LogP contribution in [-0.4, -0.2) is 34.8 Å². The van der Waals surface area contributed by atoms with E-state index in [1.807, 2.05) is 32.0 Å². The van der Waals surface area contributed by atoms with Crippen LogP contribution >= 0.6 is 0 Å². The number of nitrogens with one attached hydrogen (secondary N) is 2. The van der Waals surface area contributed by atoms with Gasteiger partial charge in [0.1, 0.15) is 12.1 Å². The lowest BCUT2D eigenvalue weighted by Gasteiger charge is -2.28. The highest BCUT2D eigenvalue weighted by atomic mass is 16.2. The molecule has 2 N–H and O–H groups in total. The molecule has 0 radical (unpaired) electrons. The average molecular weight is 357 g/mol. The van der Waals surface area contributed by atoms with Crippen molar-refractivity contribution in [2.45, 2.75) is 64.3 Å². The Labute approximate surface area is 154 Å². The first kappa shape index (κ1) is 18.4. The van der Waals surface area contributed by atoms with Gasteiger partial charge in [0.15, 0.2) is 0 Å². The van der Waals surface area contributed by atoms with Crippen LogP contribution < -0.4 is 10.6 Å². The van der Waals surface area contributed by atoms with E-state index < -0.39 is 11.6 Å². The van der Waals surface area contributed by atoms with E-state index in [0.29, 0.717) is 18.5 Å². The zero-order chi connectivity index (χ0) is 18.7. The zero-order valence-electron chi connectivity index (χ0n) is 15.6. The van der Waals surface area contributed by atoms with Crippen molar-refractivity contribution in [2.75, 3.05) is 11.9 Å². The van der Waals surface area contributed by atoms with Gasteiger partial charge in [-0.25, -0.2) is 4.79 Å². The van der Waals surface area contributed by atoms with E-state index in [2.05, 4.69) is 10.6 Å². The van der Waals surface area contributed by atoms with Crippen molar-refractivity contribution in [1.29, 1.82) is 0 Å². The Morgan fingerprint density at radius 2 is 1.62 bits per heavy atom. The summed E-state index contributed by atoms with van der Waals surface area (Å²) in [6.45, 7) is 3.66. The summed E-state index contributed by atoms with van der Waals surface area (Å²) < 4.78 is 0. The molecular formula is C20H27N3O3. The first-order valence-electron chi connectivity index (χ1n) is 9.42. The number of nitrogens with zero attached hydrogens (tertiary/aromatic N) is 1. The molecule has 3 rings (SSSR count). The molecule has 1 saturated carbocycles. The third-order valence-electron chi connectivity index (χ3n) is 5.26. The minimum absolute atomic E-state index is 0.250. The molecule has 2 aliphatic rings. The van der Waals surface area contributed by atoms with Crippen molar-refractivity contribution in [1.82, 2.24) is 10.2 Å². The fraction of sp³-hybridized carbons (Fsp3) is 0.550. The minimum Gasteiger partial charge on any atom is -0.325 e. The van der Waals surface area contributed by atoms with Crippen LogP contribution in [0.5, 0.6) is 0 Å². The van der Waals surface area contributed by atoms with Gasteiger partial charge in [-0.1, -0.05) is 38.2 Å². The van der Waals surface area contributed by atoms with Gasteiger partial charge >= 0.3 is 6.03 Å². The molecule has 6 nitrogen and oxygen atoms in total. The molecule has 1 aromatic carbocycles. The fourth-order valence-corrected chi connectivity index (χ4v) is 4.06. The van der Waals surface area contributed by atoms with Crippen LogP contribution in [-0.2, 0) is 9.59 Å². The number of hydrogen-bond donors (Lipinski definition) is 2. The summed E-state index contributed by atoms with van der Waals surface area (Å²) in [5.41, 5.74) is 1.96. The quantitative estimate of drug-likeness (QED) is 0.815. The van der Waals surface area contributed by atoms with Crippen molar-refractivity contribution in [3.8, 4) is 0 Å². The van der Waals surface area contributed by atoms with E-state index in [0.717, 1.165) is 41.7 Å². The maximum Gasteiger partial charge on any atom is 0.325 e. The second-order valence-corrected chi connectivity index (χ2v) is 7.60. The molecule has 0 bridgehead atoms. The van der Waals surface area contributed by atoms with Crippen LogP contribution in [0.2, 0.25) is 0 Å². The molecule has 0 atom stereocenters. The van der Waals surface area contributed by atoms with Crippen LogP contribution in [0.4, 0.5) is 10.5 Å². The lowest BCUT2D eigenvalue weighted by atomic mass is 9.84. The SMILES string of the molecule is Cc1cc(C)cc(NC(=O)CN2C(=O)NC3(CCCCCCC3)C2=O)c1. The second-order valence-electron chi connectivity index (χ2n) is 7.60. The van der Waals surface area contributed by atoms with Gasteiger partial charge in [-0.15, -0.1) is 0 Å². The van der Waals surface area contributed by atoms with E-state index in [1.165, 1.54) is 6.42 Å². The van der Waals surface area contributed by atoms with Crippen LogP contribution in [0.1, 0.15) is 56.1 Å². The third-order valence-corrected chi connectivity index (χ3v) is 5.26. The maximum absolute atomic E-state index is 12.9. The number of rotatable bonds is 3. The van der Waals surface area contributed by atoms with Gasteiger partial charge in [0, 0.05) is 5.69 Å². The second kappa shape index (κ2) is 7.48. The Morgan fingerprint density at radius 1 is 1.04 bits per heavy atom. The number of aryl methyl sites for hydroxylation is 2. The van der Waals surface area contributed by atoms with Crippen LogP contribution in [0.3, 0.4) is 0 Å². The van der Waals surface area contributed by atoms with E-state index in [9.17, 15) is 14.4 Å². The van der Waals surface area contributed by atoms with Crippen molar-refractivity contribution in [3.63, 3.8) is 0 Å². The number of benzene rings is 1. The largest absolute Gasteiger partial charge is 0.325 e. The molecular weight excluding hydrogens is 330 g/mol. The smallest absolute Gasteiger partial charge is 0.325 e. The zero-order valence-corrected chi connectivity index (χ0v) is 15.6. The molecule has 1 aliphatic carbocycles. The predicted molar refractivity (Wildman–Crippen MR) is 99.8 cm³/mol. The van der Waals surface area contributed by atoms with Crippen molar-refractivity contribution >= 4 is 23.5 Å². The number of carbonyl (C=O) groups excluding carboxylic acids is 3. The summed E-state index contributed by atoms with van der Waals surface area (Å²) in [6.07, 6.45) is 6.51. The lowest BCUT2D eigenvalue weighted by molar-refractivity contribution is -0.134. The summed E-state index contributed by atoms with van der Waals surface area (Å²) in [4.78, 5) is 38.7. The van der Waals surface area contributed by atoms with E-state index in [1.54, 1.807) is 0 Å². The molecule has 1 heterocycles. The van der Waals surface area contributed by atoms with Crippen molar-refractivity contribution < 1.29 is 14.4 Å². The standard InChI is InChI=1S/C20H27N3O3/c1-14-10-15(2)12-16(11-14)21-17(24)13-23-18(25)20(22-19(23)26)8-6-4-3-5-7-9-20/h10-12H,3-9,13H2,1-2H3,(H,21,24)(H,22,26). The molecule has 2 fully saturated rings. The van der Waals surface area contributed by atoms with Crippen molar-refractivity contribution in [2.24, 2.45) is 0 Å². The van der Waals surface area contributed by atoms with Crippen molar-refractivity contribution in [3.05, 3.63) is 29.3 Å². The maximum atomic E-state index is 12.9. The Hall–Kier alpha value is -2.37. The lowest BCUT2D eigenvalue weighted by Crippen LogP contribution is -2.47. The molecule has 1 saturated heterocycles. The summed E-state index contributed by atoms with van der Waals surface area (Å²) in [7, 11) is 0. The minimum atomic E-state index is -0.808. The Morgan fingerprint density at radius 3 is 2.23 bits per heavy atom. The van der Waals surface area contributed by atoms with Crippen LogP contribution in [0.15, 0.2) is 18.2 Å². The number of carbonyl (C=O) groups is 3. The van der Waals surface area contributed by atoms with Gasteiger partial charge in [0.25, 0.3) is 5.91 Å². The third kappa shape index (κ3) is 3.89. The molecule has 1 aromatic rings. The molecule has 0 unspecified atom stereocenters. The summed E-state index contributed by atoms with van der Waals surface area (Å²) in [5.74, 6) is -0.610. The summed E-state index contributed by atoms with van der Waals surface area (Å²) in [6, 6.07) is 5.30. The first-order valence-corrected chi connectivity index (χ1v) is 9.42. The normalized spacial score (nSPS) is 19.8. The number of imide groups is 1. The van der Waals surface area contributed by atoms with Crippen LogP contribution in [0, 0.1) is 13.8 Å². The fourth-order valence-electron chi connectivity index (χ4n) is 4.06. The van der Waals surface area contributed by atoms with Gasteiger partial charge in [0.2, 0.25) is 5.91 Å². The number of urea groups is 1. The molecule has 4 amide bonds. The molecule has 1 aliphatic heterocycles. The molecule has 140 valence electrons. The average Bonchev–Trinajstić information content (AvgIpc) is 2.75. The van der Waals surface area contributed by atoms with Crippen LogP contribution in [0.25, 0.3) is 0 Å². The van der Waals surface area contributed by atoms with E-state index in [-0.39, 0.29) is 18.4 Å². The summed E-state index contributed by atoms with van der Waals surface area (Å²) >= 11 is 0. The van der Waals surface area contributed by atoms with E-state index in [4.69, 9.17) is 0 Å². The summed E-state index contributed by atoms with van der Waals surface area (Å²) in [5, 5.41) is 5.67.